The summed E-state index contributed by atoms with van der Waals surface area (Å²) in [4.78, 5) is 44.1. The molecule has 3 heterocycles. The first-order valence-electron chi connectivity index (χ1n) is 15.1. The van der Waals surface area contributed by atoms with Gasteiger partial charge >= 0.3 is 12.1 Å². The Kier molecular flexibility index (Phi) is 9.42. The number of likely N-dealkylation sites (N-methyl/N-ethyl adjacent to an activating group) is 1. The number of nitrogens with zero attached hydrogens (tertiary/aromatic N) is 4. The van der Waals surface area contributed by atoms with Crippen LogP contribution in [0.4, 0.5) is 18.9 Å². The monoisotopic (exact) mass is 694 g/mol. The zero-order valence-electron chi connectivity index (χ0n) is 26.8. The number of carbonyl (C=O) groups is 3. The average Bonchev–Trinajstić information content (AvgIpc) is 3.56. The summed E-state index contributed by atoms with van der Waals surface area (Å²) in [5.41, 5.74) is 1.46. The molecule has 2 aliphatic heterocycles. The number of nitrogens with two attached hydrogens (primary N) is 1. The van der Waals surface area contributed by atoms with Crippen LogP contribution in [0, 0.1) is 0 Å². The third kappa shape index (κ3) is 6.53. The second kappa shape index (κ2) is 12.9. The van der Waals surface area contributed by atoms with Gasteiger partial charge in [0.2, 0.25) is 15.9 Å². The number of hydrogen-bond acceptors (Lipinski definition) is 8. The van der Waals surface area contributed by atoms with E-state index in [0.29, 0.717) is 56.1 Å². The Bertz CT molecular complexity index is 1900. The Morgan fingerprint density at radius 1 is 1.08 bits per heavy atom. The minimum Gasteiger partial charge on any atom is -0.494 e. The third-order valence-corrected chi connectivity index (χ3v) is 9.55. The molecule has 0 spiro atoms. The van der Waals surface area contributed by atoms with Crippen LogP contribution in [0.15, 0.2) is 24.3 Å². The normalized spacial score (nSPS) is 18.0. The number of sulfonamides is 1. The second-order valence-corrected chi connectivity index (χ2v) is 13.9. The van der Waals surface area contributed by atoms with Gasteiger partial charge in [-0.25, -0.2) is 13.2 Å². The number of ether oxygens (including phenoxy) is 1. The van der Waals surface area contributed by atoms with Crippen molar-refractivity contribution in [3.8, 4) is 16.9 Å². The first-order chi connectivity index (χ1) is 22.4. The Labute approximate surface area is 275 Å². The lowest BCUT2D eigenvalue weighted by molar-refractivity contribution is -0.138. The van der Waals surface area contributed by atoms with E-state index in [1.165, 1.54) is 17.7 Å². The number of alkyl halides is 3. The first-order valence-corrected chi connectivity index (χ1v) is 17.0. The molecule has 17 heteroatoms. The highest BCUT2D eigenvalue weighted by Crippen LogP contribution is 2.51. The molecule has 4 N–H and O–H groups in total. The van der Waals surface area contributed by atoms with E-state index in [1.54, 1.807) is 12.1 Å². The topological polar surface area (TPSA) is 168 Å². The number of hydrogen-bond donors (Lipinski definition) is 3. The number of methoxy groups -OCH3 is 1. The number of carboxylic acids is 1. The fourth-order valence-electron chi connectivity index (χ4n) is 6.85. The lowest BCUT2D eigenvalue weighted by Crippen LogP contribution is -2.52. The van der Waals surface area contributed by atoms with Gasteiger partial charge in [-0.2, -0.15) is 13.2 Å². The number of benzene rings is 2. The number of fused-ring (bicyclic) bond motifs is 1. The van der Waals surface area contributed by atoms with Crippen molar-refractivity contribution < 1.29 is 45.8 Å². The molecule has 260 valence electrons. The van der Waals surface area contributed by atoms with E-state index in [2.05, 4.69) is 9.80 Å². The molecular weight excluding hydrogens is 657 g/mol. The van der Waals surface area contributed by atoms with Crippen molar-refractivity contribution in [2.45, 2.75) is 31.6 Å². The molecule has 1 atom stereocenters. The van der Waals surface area contributed by atoms with Crippen LogP contribution in [0.2, 0.25) is 0 Å². The summed E-state index contributed by atoms with van der Waals surface area (Å²) in [7, 11) is 0.0453. The number of carboxylic acid groups (broad SMARTS) is 1. The molecule has 13 nitrogen and oxygen atoms in total. The van der Waals surface area contributed by atoms with Crippen LogP contribution >= 0.6 is 0 Å². The number of primary amides is 1. The minimum absolute atomic E-state index is 0.0895. The van der Waals surface area contributed by atoms with Crippen molar-refractivity contribution in [3.63, 3.8) is 0 Å². The van der Waals surface area contributed by atoms with Crippen LogP contribution in [-0.4, -0.2) is 110 Å². The quantitative estimate of drug-likeness (QED) is 0.305. The summed E-state index contributed by atoms with van der Waals surface area (Å²) in [5, 5.41) is 10.5. The highest BCUT2D eigenvalue weighted by atomic mass is 32.2. The number of halogens is 3. The van der Waals surface area contributed by atoms with Crippen molar-refractivity contribution in [1.82, 2.24) is 19.3 Å². The number of piperazine rings is 1. The fraction of sp³-hybridized carbons (Fsp3) is 0.452. The molecule has 0 radical (unpaired) electrons. The van der Waals surface area contributed by atoms with Crippen LogP contribution in [0.1, 0.15) is 44.8 Å². The van der Waals surface area contributed by atoms with E-state index in [-0.39, 0.29) is 17.3 Å². The zero-order chi connectivity index (χ0) is 35.3. The van der Waals surface area contributed by atoms with Crippen LogP contribution in [-0.2, 0) is 34.6 Å². The third-order valence-electron chi connectivity index (χ3n) is 8.97. The zero-order valence-corrected chi connectivity index (χ0v) is 27.7. The number of aromatic nitrogens is 1. The highest BCUT2D eigenvalue weighted by molar-refractivity contribution is 7.92. The SMILES string of the molecule is COc1c(C(N)=O)cc(C(F)(F)F)c(-c2c(C(=O)O)n(C)c3c(CN4CCN(C(=O)C5CCCN5C)CC4)cccc23)c1NS(C)(=O)=O. The fourth-order valence-corrected chi connectivity index (χ4v) is 7.42. The predicted octanol–water partition coefficient (Wildman–Crippen LogP) is 2.78. The van der Waals surface area contributed by atoms with Gasteiger partial charge < -0.3 is 25.0 Å². The molecule has 1 unspecified atom stereocenters. The summed E-state index contributed by atoms with van der Waals surface area (Å²) >= 11 is 0. The van der Waals surface area contributed by atoms with Gasteiger partial charge in [-0.1, -0.05) is 18.2 Å². The molecule has 2 aliphatic rings. The molecular formula is C31H37F3N6O7S. The number of nitrogens with one attached hydrogen (secondary N) is 1. The number of amides is 2. The van der Waals surface area contributed by atoms with Gasteiger partial charge in [-0.05, 0) is 38.1 Å². The number of aryl methyl sites for hydroxylation is 1. The Morgan fingerprint density at radius 3 is 2.27 bits per heavy atom. The Hall–Kier alpha value is -4.35. The van der Waals surface area contributed by atoms with Crippen molar-refractivity contribution in [1.29, 1.82) is 0 Å². The lowest BCUT2D eigenvalue weighted by Gasteiger charge is -2.37. The Balaban J connectivity index is 1.66. The van der Waals surface area contributed by atoms with Crippen molar-refractivity contribution >= 4 is 44.4 Å². The smallest absolute Gasteiger partial charge is 0.417 e. The van der Waals surface area contributed by atoms with Crippen LogP contribution < -0.4 is 15.2 Å². The van der Waals surface area contributed by atoms with Crippen LogP contribution in [0.25, 0.3) is 22.0 Å². The minimum atomic E-state index is -5.19. The molecule has 3 aromatic rings. The molecule has 0 bridgehead atoms. The molecule has 2 aromatic carbocycles. The molecule has 48 heavy (non-hydrogen) atoms. The molecule has 0 aliphatic carbocycles. The number of likely N-dealkylation sites (tertiary alicyclic amines) is 1. The summed E-state index contributed by atoms with van der Waals surface area (Å²) in [6.45, 7) is 3.18. The van der Waals surface area contributed by atoms with Crippen molar-refractivity contribution in [2.24, 2.45) is 12.8 Å². The molecule has 5 rings (SSSR count). The maximum absolute atomic E-state index is 14.8. The molecule has 1 aromatic heterocycles. The van der Waals surface area contributed by atoms with E-state index in [1.807, 2.05) is 16.7 Å². The largest absolute Gasteiger partial charge is 0.494 e. The molecule has 0 saturated carbocycles. The van der Waals surface area contributed by atoms with Gasteiger partial charge in [0, 0.05) is 56.3 Å². The summed E-state index contributed by atoms with van der Waals surface area (Å²) in [6.07, 6.45) is -2.72. The van der Waals surface area contributed by atoms with E-state index >= 15 is 0 Å². The average molecular weight is 695 g/mol. The highest BCUT2D eigenvalue weighted by Gasteiger charge is 2.41. The number of anilines is 1. The van der Waals surface area contributed by atoms with Gasteiger partial charge in [-0.3, -0.25) is 24.1 Å². The number of carbonyl (C=O) groups excluding carboxylic acids is 2. The van der Waals surface area contributed by atoms with E-state index in [4.69, 9.17) is 10.5 Å². The number of para-hydroxylation sites is 1. The number of aromatic carboxylic acids is 1. The van der Waals surface area contributed by atoms with E-state index < -0.39 is 67.5 Å². The molecule has 2 fully saturated rings. The van der Waals surface area contributed by atoms with Gasteiger partial charge in [0.05, 0.1) is 41.7 Å². The van der Waals surface area contributed by atoms with Gasteiger partial charge in [0.1, 0.15) is 5.69 Å². The van der Waals surface area contributed by atoms with Crippen LogP contribution in [0.5, 0.6) is 5.75 Å². The van der Waals surface area contributed by atoms with E-state index in [0.717, 1.165) is 26.5 Å². The van der Waals surface area contributed by atoms with Crippen LogP contribution in [0.3, 0.4) is 0 Å². The maximum atomic E-state index is 14.8. The molecule has 2 saturated heterocycles. The summed E-state index contributed by atoms with van der Waals surface area (Å²) in [5.74, 6) is -3.41. The van der Waals surface area contributed by atoms with Crippen molar-refractivity contribution in [2.75, 3.05) is 57.9 Å². The summed E-state index contributed by atoms with van der Waals surface area (Å²) in [6, 6.07) is 5.06. The number of rotatable bonds is 9. The van der Waals surface area contributed by atoms with Gasteiger partial charge in [-0.15, -0.1) is 0 Å². The van der Waals surface area contributed by atoms with Crippen molar-refractivity contribution in [3.05, 3.63) is 46.6 Å². The summed E-state index contributed by atoms with van der Waals surface area (Å²) < 4.78 is 77.9. The first kappa shape index (κ1) is 35.0. The second-order valence-electron chi connectivity index (χ2n) is 12.1. The maximum Gasteiger partial charge on any atom is 0.417 e. The van der Waals surface area contributed by atoms with Gasteiger partial charge in [0.25, 0.3) is 5.91 Å². The molecule has 2 amide bonds. The lowest BCUT2D eigenvalue weighted by atomic mass is 9.91. The standard InChI is InChI=1S/C31H37F3N6O7S/c1-37-10-6-9-21(37)29(42)40-13-11-39(12-14-40)16-17-7-5-8-18-22(26(30(43)44)38(2)25(17)18)23-20(31(32,33)34)15-19(28(35)41)27(47-3)24(23)36-48(4,45)46/h5,7-8,15,21,36H,6,9-14,16H2,1-4H3,(H2,35,41)(H,43,44). The van der Waals surface area contributed by atoms with Gasteiger partial charge in [0.15, 0.2) is 5.75 Å². The predicted molar refractivity (Wildman–Crippen MR) is 171 cm³/mol. The Morgan fingerprint density at radius 2 is 1.75 bits per heavy atom. The van der Waals surface area contributed by atoms with E-state index in [9.17, 15) is 41.1 Å².